The second-order valence-electron chi connectivity index (χ2n) is 4.72. The summed E-state index contributed by atoms with van der Waals surface area (Å²) < 4.78 is 1.77. The van der Waals surface area contributed by atoms with Gasteiger partial charge in [0.1, 0.15) is 5.82 Å². The molecule has 2 amide bonds. The fourth-order valence-electron chi connectivity index (χ4n) is 1.88. The molecule has 0 fully saturated rings. The van der Waals surface area contributed by atoms with Crippen LogP contribution >= 0.6 is 11.6 Å². The van der Waals surface area contributed by atoms with Crippen LogP contribution in [0.1, 0.15) is 11.4 Å². The summed E-state index contributed by atoms with van der Waals surface area (Å²) in [6.07, 6.45) is 1.39. The van der Waals surface area contributed by atoms with Crippen molar-refractivity contribution < 1.29 is 9.59 Å². The smallest absolute Gasteiger partial charge is 0.314 e. The maximum atomic E-state index is 11.7. The molecule has 0 aliphatic carbocycles. The largest absolute Gasteiger partial charge is 0.346 e. The number of aromatic nitrogens is 3. The van der Waals surface area contributed by atoms with Crippen LogP contribution in [0.5, 0.6) is 0 Å². The van der Waals surface area contributed by atoms with Crippen LogP contribution in [0, 0.1) is 13.8 Å². The average molecular weight is 322 g/mol. The van der Waals surface area contributed by atoms with E-state index < -0.39 is 11.8 Å². The Balaban J connectivity index is 1.80. The number of halogens is 1. The molecule has 2 aromatic rings. The lowest BCUT2D eigenvalue weighted by Crippen LogP contribution is -2.37. The Morgan fingerprint density at radius 3 is 2.64 bits per heavy atom. The van der Waals surface area contributed by atoms with E-state index in [1.165, 1.54) is 12.3 Å². The fraction of sp³-hybridized carbons (Fsp3) is 0.286. The minimum Gasteiger partial charge on any atom is -0.346 e. The Morgan fingerprint density at radius 1 is 1.27 bits per heavy atom. The second-order valence-corrected chi connectivity index (χ2v) is 5.16. The Kier molecular flexibility index (Phi) is 5.11. The number of hydrogen-bond donors (Lipinski definition) is 2. The summed E-state index contributed by atoms with van der Waals surface area (Å²) in [5, 5.41) is 9.64. The molecular weight excluding hydrogens is 306 g/mol. The van der Waals surface area contributed by atoms with Gasteiger partial charge in [0, 0.05) is 18.4 Å². The summed E-state index contributed by atoms with van der Waals surface area (Å²) in [5.74, 6) is -1.23. The highest BCUT2D eigenvalue weighted by molar-refractivity contribution is 6.39. The first kappa shape index (κ1) is 16.0. The van der Waals surface area contributed by atoms with E-state index in [2.05, 4.69) is 20.7 Å². The molecule has 7 nitrogen and oxygen atoms in total. The number of rotatable bonds is 4. The maximum Gasteiger partial charge on any atom is 0.314 e. The monoisotopic (exact) mass is 321 g/mol. The predicted molar refractivity (Wildman–Crippen MR) is 82.6 cm³/mol. The molecule has 0 saturated carbocycles. The molecule has 116 valence electrons. The number of nitrogens with one attached hydrogen (secondary N) is 2. The van der Waals surface area contributed by atoms with E-state index in [-0.39, 0.29) is 5.82 Å². The zero-order valence-corrected chi connectivity index (χ0v) is 13.0. The fourth-order valence-corrected chi connectivity index (χ4v) is 1.99. The van der Waals surface area contributed by atoms with E-state index in [1.54, 1.807) is 10.7 Å². The molecule has 0 bridgehead atoms. The molecule has 0 saturated heterocycles. The van der Waals surface area contributed by atoms with Crippen molar-refractivity contribution in [3.63, 3.8) is 0 Å². The molecule has 2 aromatic heterocycles. The zero-order valence-electron chi connectivity index (χ0n) is 12.3. The van der Waals surface area contributed by atoms with Crippen molar-refractivity contribution in [2.75, 3.05) is 11.9 Å². The molecule has 0 aliphatic heterocycles. The van der Waals surface area contributed by atoms with Gasteiger partial charge in [-0.05, 0) is 32.0 Å². The van der Waals surface area contributed by atoms with Gasteiger partial charge in [-0.1, -0.05) is 11.6 Å². The first-order chi connectivity index (χ1) is 10.5. The van der Waals surface area contributed by atoms with Gasteiger partial charge in [-0.15, -0.1) is 0 Å². The third kappa shape index (κ3) is 4.29. The van der Waals surface area contributed by atoms with Crippen LogP contribution in [0.25, 0.3) is 0 Å². The lowest BCUT2D eigenvalue weighted by Gasteiger charge is -2.07. The van der Waals surface area contributed by atoms with Crippen molar-refractivity contribution in [2.24, 2.45) is 0 Å². The first-order valence-corrected chi connectivity index (χ1v) is 7.05. The van der Waals surface area contributed by atoms with Crippen LogP contribution in [-0.4, -0.2) is 33.1 Å². The van der Waals surface area contributed by atoms with E-state index in [4.69, 9.17) is 11.6 Å². The molecule has 0 atom stereocenters. The summed E-state index contributed by atoms with van der Waals surface area (Å²) in [6, 6.07) is 5.04. The number of carbonyl (C=O) groups is 2. The molecule has 0 unspecified atom stereocenters. The zero-order chi connectivity index (χ0) is 16.1. The Morgan fingerprint density at radius 2 is 2.05 bits per heavy atom. The third-order valence-corrected chi connectivity index (χ3v) is 3.11. The van der Waals surface area contributed by atoms with E-state index in [0.29, 0.717) is 18.1 Å². The normalized spacial score (nSPS) is 10.3. The summed E-state index contributed by atoms with van der Waals surface area (Å²) in [4.78, 5) is 27.3. The van der Waals surface area contributed by atoms with Gasteiger partial charge in [-0.25, -0.2) is 4.98 Å². The van der Waals surface area contributed by atoms with Crippen molar-refractivity contribution in [1.82, 2.24) is 20.1 Å². The molecule has 22 heavy (non-hydrogen) atoms. The minimum absolute atomic E-state index is 0.267. The van der Waals surface area contributed by atoms with Crippen LogP contribution < -0.4 is 10.6 Å². The second kappa shape index (κ2) is 7.04. The van der Waals surface area contributed by atoms with Crippen LogP contribution in [0.3, 0.4) is 0 Å². The number of carbonyl (C=O) groups excluding carboxylic acids is 2. The van der Waals surface area contributed by atoms with Crippen molar-refractivity contribution in [3.05, 3.63) is 40.8 Å². The van der Waals surface area contributed by atoms with Gasteiger partial charge < -0.3 is 10.6 Å². The number of aryl methyl sites for hydroxylation is 2. The van der Waals surface area contributed by atoms with Crippen molar-refractivity contribution in [1.29, 1.82) is 0 Å². The Labute approximate surface area is 132 Å². The highest BCUT2D eigenvalue weighted by Gasteiger charge is 2.13. The Bertz CT molecular complexity index is 681. The highest BCUT2D eigenvalue weighted by Crippen LogP contribution is 2.09. The van der Waals surface area contributed by atoms with Crippen molar-refractivity contribution in [3.8, 4) is 0 Å². The van der Waals surface area contributed by atoms with Crippen LogP contribution in [0.4, 0.5) is 5.82 Å². The van der Waals surface area contributed by atoms with Crippen molar-refractivity contribution in [2.45, 2.75) is 20.4 Å². The predicted octanol–water partition coefficient (Wildman–Crippen LogP) is 1.30. The standard InChI is InChI=1S/C14H16ClN5O2/c1-9-7-10(2)20(19-9)6-5-16-13(21)14(22)18-12-4-3-11(15)8-17-12/h3-4,7-8H,5-6H2,1-2H3,(H,16,21)(H,17,18,22). The van der Waals surface area contributed by atoms with E-state index in [9.17, 15) is 9.59 Å². The van der Waals surface area contributed by atoms with E-state index >= 15 is 0 Å². The molecule has 0 radical (unpaired) electrons. The molecule has 2 rings (SSSR count). The number of hydrogen-bond acceptors (Lipinski definition) is 4. The quantitative estimate of drug-likeness (QED) is 0.831. The number of amides is 2. The van der Waals surface area contributed by atoms with Gasteiger partial charge in [0.15, 0.2) is 0 Å². The summed E-state index contributed by atoms with van der Waals surface area (Å²) in [7, 11) is 0. The van der Waals surface area contributed by atoms with Crippen LogP contribution in [0.2, 0.25) is 5.02 Å². The lowest BCUT2D eigenvalue weighted by molar-refractivity contribution is -0.136. The van der Waals surface area contributed by atoms with Crippen LogP contribution in [0.15, 0.2) is 24.4 Å². The van der Waals surface area contributed by atoms with E-state index in [1.807, 2.05) is 19.9 Å². The van der Waals surface area contributed by atoms with Crippen LogP contribution in [-0.2, 0) is 16.1 Å². The molecule has 0 aliphatic rings. The van der Waals surface area contributed by atoms with Gasteiger partial charge in [-0.2, -0.15) is 5.10 Å². The molecule has 2 heterocycles. The molecular formula is C14H16ClN5O2. The summed E-state index contributed by atoms with van der Waals surface area (Å²) in [6.45, 7) is 4.63. The minimum atomic E-state index is -0.775. The average Bonchev–Trinajstić information content (AvgIpc) is 2.79. The van der Waals surface area contributed by atoms with Gasteiger partial charge in [0.25, 0.3) is 0 Å². The molecule has 0 aromatic carbocycles. The number of pyridine rings is 1. The number of nitrogens with zero attached hydrogens (tertiary/aromatic N) is 3. The molecule has 2 N–H and O–H groups in total. The van der Waals surface area contributed by atoms with E-state index in [0.717, 1.165) is 11.4 Å². The third-order valence-electron chi connectivity index (χ3n) is 2.89. The molecule has 8 heteroatoms. The molecule has 0 spiro atoms. The highest BCUT2D eigenvalue weighted by atomic mass is 35.5. The van der Waals surface area contributed by atoms with Gasteiger partial charge in [0.2, 0.25) is 0 Å². The SMILES string of the molecule is Cc1cc(C)n(CCNC(=O)C(=O)Nc2ccc(Cl)cn2)n1. The Hall–Kier alpha value is -2.41. The van der Waals surface area contributed by atoms with Gasteiger partial charge in [-0.3, -0.25) is 14.3 Å². The summed E-state index contributed by atoms with van der Waals surface area (Å²) >= 11 is 5.69. The lowest BCUT2D eigenvalue weighted by atomic mass is 10.4. The van der Waals surface area contributed by atoms with Gasteiger partial charge >= 0.3 is 11.8 Å². The first-order valence-electron chi connectivity index (χ1n) is 6.67. The number of anilines is 1. The maximum absolute atomic E-state index is 11.7. The summed E-state index contributed by atoms with van der Waals surface area (Å²) in [5.41, 5.74) is 1.91. The van der Waals surface area contributed by atoms with Gasteiger partial charge in [0.05, 0.1) is 17.3 Å². The topological polar surface area (TPSA) is 88.9 Å². The van der Waals surface area contributed by atoms with Crippen molar-refractivity contribution >= 4 is 29.2 Å².